The Bertz CT molecular complexity index is 619. The zero-order chi connectivity index (χ0) is 13.8. The van der Waals surface area contributed by atoms with Gasteiger partial charge < -0.3 is 16.0 Å². The molecule has 0 spiro atoms. The van der Waals surface area contributed by atoms with Crippen molar-refractivity contribution in [3.05, 3.63) is 28.3 Å². The van der Waals surface area contributed by atoms with E-state index in [4.69, 9.17) is 5.73 Å². The van der Waals surface area contributed by atoms with Gasteiger partial charge in [-0.3, -0.25) is 4.79 Å². The number of H-pyrrole nitrogens is 1. The smallest absolute Gasteiger partial charge is 0.253 e. The standard InChI is InChI=1S/C11H14N6OS/c1-3-7-15-8(13-2)5-10(16-7)19-11-14-6(12)4-9(18)17-11/h4-5H,3H2,1-2H3,(H,13,15,16)(H3,12,14,17,18). The van der Waals surface area contributed by atoms with Crippen LogP contribution in [0.5, 0.6) is 0 Å². The maximum atomic E-state index is 11.3. The van der Waals surface area contributed by atoms with Crippen LogP contribution < -0.4 is 16.6 Å². The molecule has 4 N–H and O–H groups in total. The van der Waals surface area contributed by atoms with Crippen LogP contribution in [0, 0.1) is 0 Å². The maximum Gasteiger partial charge on any atom is 0.253 e. The van der Waals surface area contributed by atoms with Crippen molar-refractivity contribution in [2.24, 2.45) is 0 Å². The van der Waals surface area contributed by atoms with Crippen LogP contribution in [0.3, 0.4) is 0 Å². The first kappa shape index (κ1) is 13.3. The molecule has 0 aliphatic carbocycles. The quantitative estimate of drug-likeness (QED) is 0.563. The van der Waals surface area contributed by atoms with Crippen LogP contribution in [0.15, 0.2) is 27.1 Å². The molecule has 0 aliphatic heterocycles. The van der Waals surface area contributed by atoms with Crippen molar-refractivity contribution in [3.8, 4) is 0 Å². The minimum Gasteiger partial charge on any atom is -0.383 e. The normalized spacial score (nSPS) is 10.4. The predicted molar refractivity (Wildman–Crippen MR) is 74.3 cm³/mol. The molecule has 2 heterocycles. The number of aromatic nitrogens is 4. The topological polar surface area (TPSA) is 110 Å². The van der Waals surface area contributed by atoms with Gasteiger partial charge in [0, 0.05) is 25.6 Å². The van der Waals surface area contributed by atoms with Gasteiger partial charge in [0.1, 0.15) is 22.5 Å². The number of rotatable bonds is 4. The van der Waals surface area contributed by atoms with E-state index in [9.17, 15) is 4.79 Å². The predicted octanol–water partition coefficient (Wildman–Crippen LogP) is 0.897. The van der Waals surface area contributed by atoms with Crippen LogP contribution in [-0.2, 0) is 6.42 Å². The molecule has 0 aromatic carbocycles. The summed E-state index contributed by atoms with van der Waals surface area (Å²) in [5.41, 5.74) is 5.25. The third-order valence-electron chi connectivity index (χ3n) is 2.26. The first-order valence-corrected chi connectivity index (χ1v) is 6.52. The summed E-state index contributed by atoms with van der Waals surface area (Å²) in [6, 6.07) is 3.02. The van der Waals surface area contributed by atoms with E-state index in [1.807, 2.05) is 6.92 Å². The van der Waals surface area contributed by atoms with E-state index in [2.05, 4.69) is 25.3 Å². The van der Waals surface area contributed by atoms with E-state index >= 15 is 0 Å². The molecule has 0 bridgehead atoms. The molecule has 2 rings (SSSR count). The zero-order valence-corrected chi connectivity index (χ0v) is 11.4. The van der Waals surface area contributed by atoms with Gasteiger partial charge in [-0.15, -0.1) is 0 Å². The van der Waals surface area contributed by atoms with Gasteiger partial charge in [-0.25, -0.2) is 15.0 Å². The van der Waals surface area contributed by atoms with Crippen LogP contribution in [0.4, 0.5) is 11.6 Å². The Morgan fingerprint density at radius 3 is 2.79 bits per heavy atom. The fraction of sp³-hybridized carbons (Fsp3) is 0.273. The number of nitrogens with one attached hydrogen (secondary N) is 2. The van der Waals surface area contributed by atoms with Crippen molar-refractivity contribution >= 4 is 23.4 Å². The van der Waals surface area contributed by atoms with Crippen molar-refractivity contribution < 1.29 is 0 Å². The number of hydrogen-bond donors (Lipinski definition) is 3. The van der Waals surface area contributed by atoms with Gasteiger partial charge in [-0.05, 0) is 11.8 Å². The lowest BCUT2D eigenvalue weighted by atomic mass is 10.4. The SMILES string of the molecule is CCc1nc(NC)cc(Sc2nc(N)cc(=O)[nH]2)n1. The second-order valence-corrected chi connectivity index (χ2v) is 4.70. The number of anilines is 2. The Morgan fingerprint density at radius 1 is 1.37 bits per heavy atom. The van der Waals surface area contributed by atoms with Crippen molar-refractivity contribution in [3.63, 3.8) is 0 Å². The number of aryl methyl sites for hydroxylation is 1. The second kappa shape index (κ2) is 5.70. The van der Waals surface area contributed by atoms with Gasteiger partial charge in [0.2, 0.25) is 0 Å². The van der Waals surface area contributed by atoms with Gasteiger partial charge in [-0.2, -0.15) is 0 Å². The van der Waals surface area contributed by atoms with Crippen LogP contribution >= 0.6 is 11.8 Å². The number of nitrogens with two attached hydrogens (primary N) is 1. The Morgan fingerprint density at radius 2 is 2.16 bits per heavy atom. The van der Waals surface area contributed by atoms with Crippen molar-refractivity contribution in [1.82, 2.24) is 19.9 Å². The summed E-state index contributed by atoms with van der Waals surface area (Å²) in [6.07, 6.45) is 0.726. The van der Waals surface area contributed by atoms with Gasteiger partial charge >= 0.3 is 0 Å². The molecule has 19 heavy (non-hydrogen) atoms. The second-order valence-electron chi connectivity index (χ2n) is 3.69. The van der Waals surface area contributed by atoms with Crippen LogP contribution in [0.1, 0.15) is 12.7 Å². The molecule has 0 radical (unpaired) electrons. The average Bonchev–Trinajstić information content (AvgIpc) is 2.37. The molecular weight excluding hydrogens is 264 g/mol. The molecule has 0 saturated carbocycles. The van der Waals surface area contributed by atoms with Crippen molar-refractivity contribution in [2.75, 3.05) is 18.1 Å². The van der Waals surface area contributed by atoms with Gasteiger partial charge in [0.05, 0.1) is 0 Å². The molecule has 8 heteroatoms. The number of hydrogen-bond acceptors (Lipinski definition) is 7. The molecule has 0 aliphatic rings. The Hall–Kier alpha value is -2.09. The van der Waals surface area contributed by atoms with E-state index in [0.29, 0.717) is 10.2 Å². The summed E-state index contributed by atoms with van der Waals surface area (Å²) in [4.78, 5) is 26.6. The molecule has 7 nitrogen and oxygen atoms in total. The Kier molecular flexibility index (Phi) is 4.00. The highest BCUT2D eigenvalue weighted by molar-refractivity contribution is 7.99. The fourth-order valence-electron chi connectivity index (χ4n) is 1.41. The highest BCUT2D eigenvalue weighted by Gasteiger charge is 2.07. The molecular formula is C11H14N6OS. The number of nitrogens with zero attached hydrogens (tertiary/aromatic N) is 3. The fourth-order valence-corrected chi connectivity index (χ4v) is 2.23. The third kappa shape index (κ3) is 3.44. The minimum absolute atomic E-state index is 0.185. The summed E-state index contributed by atoms with van der Waals surface area (Å²) in [5.74, 6) is 1.63. The maximum absolute atomic E-state index is 11.3. The lowest BCUT2D eigenvalue weighted by Crippen LogP contribution is -2.09. The first-order valence-electron chi connectivity index (χ1n) is 5.71. The van der Waals surface area contributed by atoms with Gasteiger partial charge in [0.15, 0.2) is 5.16 Å². The van der Waals surface area contributed by atoms with E-state index in [-0.39, 0.29) is 11.4 Å². The lowest BCUT2D eigenvalue weighted by Gasteiger charge is -2.06. The number of nitrogen functional groups attached to an aromatic ring is 1. The van der Waals surface area contributed by atoms with Crippen molar-refractivity contribution in [2.45, 2.75) is 23.5 Å². The summed E-state index contributed by atoms with van der Waals surface area (Å²) < 4.78 is 0. The highest BCUT2D eigenvalue weighted by Crippen LogP contribution is 2.24. The Labute approximate surface area is 114 Å². The molecule has 0 saturated heterocycles. The first-order chi connectivity index (χ1) is 9.10. The van der Waals surface area contributed by atoms with E-state index in [1.54, 1.807) is 13.1 Å². The molecule has 0 unspecified atom stereocenters. The Balaban J connectivity index is 2.34. The summed E-state index contributed by atoms with van der Waals surface area (Å²) in [5, 5.41) is 4.08. The average molecular weight is 278 g/mol. The van der Waals surface area contributed by atoms with Crippen molar-refractivity contribution in [1.29, 1.82) is 0 Å². The summed E-state index contributed by atoms with van der Waals surface area (Å²) in [7, 11) is 1.79. The molecule has 0 fully saturated rings. The van der Waals surface area contributed by atoms with E-state index < -0.39 is 0 Å². The van der Waals surface area contributed by atoms with Crippen LogP contribution in [-0.4, -0.2) is 27.0 Å². The molecule has 2 aromatic heterocycles. The lowest BCUT2D eigenvalue weighted by molar-refractivity contribution is 0.883. The summed E-state index contributed by atoms with van der Waals surface area (Å²) in [6.45, 7) is 1.98. The van der Waals surface area contributed by atoms with E-state index in [1.165, 1.54) is 17.8 Å². The number of aromatic amines is 1. The monoisotopic (exact) mass is 278 g/mol. The zero-order valence-electron chi connectivity index (χ0n) is 10.6. The van der Waals surface area contributed by atoms with Gasteiger partial charge in [0.25, 0.3) is 5.56 Å². The van der Waals surface area contributed by atoms with Crippen LogP contribution in [0.25, 0.3) is 0 Å². The highest BCUT2D eigenvalue weighted by atomic mass is 32.2. The molecule has 0 amide bonds. The minimum atomic E-state index is -0.284. The van der Waals surface area contributed by atoms with Gasteiger partial charge in [-0.1, -0.05) is 6.92 Å². The largest absolute Gasteiger partial charge is 0.383 e. The molecule has 100 valence electrons. The molecule has 0 atom stereocenters. The van der Waals surface area contributed by atoms with E-state index in [0.717, 1.165) is 18.1 Å². The molecule has 2 aromatic rings. The summed E-state index contributed by atoms with van der Waals surface area (Å²) >= 11 is 1.24. The third-order valence-corrected chi connectivity index (χ3v) is 3.07. The van der Waals surface area contributed by atoms with Crippen LogP contribution in [0.2, 0.25) is 0 Å².